The summed E-state index contributed by atoms with van der Waals surface area (Å²) in [7, 11) is 1.31. The van der Waals surface area contributed by atoms with E-state index in [9.17, 15) is 14.3 Å². The number of nitrogens with zero attached hydrogens (tertiary/aromatic N) is 1. The molecule has 272 valence electrons. The quantitative estimate of drug-likeness (QED) is 0.0230. The zero-order valence-electron chi connectivity index (χ0n) is 30.5. The van der Waals surface area contributed by atoms with Gasteiger partial charge in [0.25, 0.3) is 7.82 Å². The van der Waals surface area contributed by atoms with Crippen molar-refractivity contribution in [2.45, 2.75) is 123 Å². The van der Waals surface area contributed by atoms with E-state index < -0.39 is 13.9 Å². The monoisotopic (exact) mass is 681 g/mol. The Labute approximate surface area is 288 Å². The van der Waals surface area contributed by atoms with Gasteiger partial charge in [-0.25, -0.2) is 0 Å². The topological polar surface area (TPSA) is 94.1 Å². The highest BCUT2D eigenvalue weighted by atomic mass is 31.2. The molecule has 0 aromatic rings. The maximum absolute atomic E-state index is 12.5. The first-order valence-electron chi connectivity index (χ1n) is 18.0. The fourth-order valence-corrected chi connectivity index (χ4v) is 5.00. The number of quaternary nitrogens is 1. The number of phosphoric ester groups is 1. The lowest BCUT2D eigenvalue weighted by molar-refractivity contribution is -0.870. The first-order valence-corrected chi connectivity index (χ1v) is 19.5. The second-order valence-electron chi connectivity index (χ2n) is 12.9. The van der Waals surface area contributed by atoms with Gasteiger partial charge in [-0.2, -0.15) is 0 Å². The normalized spacial score (nSPS) is 14.8. The molecular formula is C38H68NO7P. The fourth-order valence-electron chi connectivity index (χ4n) is 4.28. The molecule has 0 radical (unpaired) electrons. The van der Waals surface area contributed by atoms with Crippen LogP contribution >= 0.6 is 7.82 Å². The van der Waals surface area contributed by atoms with Crippen LogP contribution in [0.1, 0.15) is 117 Å². The summed E-state index contributed by atoms with van der Waals surface area (Å²) in [6, 6.07) is 0. The molecule has 0 aliphatic rings. The number of carbonyl (C=O) groups excluding carboxylic acids is 1. The van der Waals surface area contributed by atoms with Crippen LogP contribution in [-0.2, 0) is 27.9 Å². The number of esters is 1. The summed E-state index contributed by atoms with van der Waals surface area (Å²) in [5.74, 6) is -0.360. The van der Waals surface area contributed by atoms with E-state index in [0.717, 1.165) is 70.6 Å². The van der Waals surface area contributed by atoms with E-state index in [0.29, 0.717) is 24.1 Å². The fraction of sp³-hybridized carbons (Fsp3) is 0.711. The van der Waals surface area contributed by atoms with E-state index in [1.807, 2.05) is 21.1 Å². The van der Waals surface area contributed by atoms with Crippen LogP contribution in [0.2, 0.25) is 0 Å². The van der Waals surface area contributed by atoms with Crippen LogP contribution in [0.15, 0.2) is 60.8 Å². The molecule has 0 heterocycles. The van der Waals surface area contributed by atoms with Crippen LogP contribution in [0.4, 0.5) is 0 Å². The molecule has 0 aromatic carbocycles. The highest BCUT2D eigenvalue weighted by Gasteiger charge is 2.20. The molecule has 0 spiro atoms. The van der Waals surface area contributed by atoms with E-state index in [2.05, 4.69) is 74.6 Å². The average Bonchev–Trinajstić information content (AvgIpc) is 3.01. The van der Waals surface area contributed by atoms with Crippen molar-refractivity contribution < 1.29 is 37.3 Å². The van der Waals surface area contributed by atoms with Crippen molar-refractivity contribution >= 4 is 13.8 Å². The predicted molar refractivity (Wildman–Crippen MR) is 194 cm³/mol. The van der Waals surface area contributed by atoms with Gasteiger partial charge in [-0.15, -0.1) is 0 Å². The first-order chi connectivity index (χ1) is 22.6. The molecule has 2 unspecified atom stereocenters. The van der Waals surface area contributed by atoms with Crippen molar-refractivity contribution in [3.05, 3.63) is 60.8 Å². The smallest absolute Gasteiger partial charge is 0.306 e. The summed E-state index contributed by atoms with van der Waals surface area (Å²) in [6.45, 7) is 5.10. The summed E-state index contributed by atoms with van der Waals surface area (Å²) < 4.78 is 34.2. The van der Waals surface area contributed by atoms with Crippen LogP contribution in [0, 0.1) is 0 Å². The van der Waals surface area contributed by atoms with Crippen molar-refractivity contribution in [1.29, 1.82) is 0 Å². The molecule has 0 fully saturated rings. The minimum absolute atomic E-state index is 0.0153. The second kappa shape index (κ2) is 31.5. The Bertz CT molecular complexity index is 937. The number of carbonyl (C=O) groups is 1. The lowest BCUT2D eigenvalue weighted by Crippen LogP contribution is -2.37. The number of phosphoric acid groups is 1. The van der Waals surface area contributed by atoms with Crippen molar-refractivity contribution in [3.63, 3.8) is 0 Å². The number of likely N-dealkylation sites (N-methyl/N-ethyl adjacent to an activating group) is 1. The third-order valence-corrected chi connectivity index (χ3v) is 8.05. The summed E-state index contributed by atoms with van der Waals surface area (Å²) in [5.41, 5.74) is 0. The maximum Gasteiger partial charge on any atom is 0.306 e. The Morgan fingerprint density at radius 1 is 0.681 bits per heavy atom. The van der Waals surface area contributed by atoms with Gasteiger partial charge in [0.2, 0.25) is 0 Å². The molecule has 9 heteroatoms. The van der Waals surface area contributed by atoms with Crippen LogP contribution in [0.3, 0.4) is 0 Å². The maximum atomic E-state index is 12.5. The number of hydrogen-bond donors (Lipinski definition) is 0. The Balaban J connectivity index is 4.34. The standard InChI is InChI=1S/C38H68NO7P/c1-6-8-10-12-14-15-16-17-18-19-20-21-22-23-24-26-28-30-33-43-35-37(36-45-47(41,42)44-34-32-39(3,4)5)46-38(40)31-29-27-25-13-11-9-7-2/h8,10,14-15,17-18,20-21,23-24,37H,6-7,9,11-13,16,19,22,25-36H2,1-5H3/b10-8-,15-14-,18-17-,21-20-,24-23-. The minimum atomic E-state index is -4.52. The summed E-state index contributed by atoms with van der Waals surface area (Å²) in [6.07, 6.45) is 36.8. The Morgan fingerprint density at radius 3 is 1.81 bits per heavy atom. The average molecular weight is 682 g/mol. The van der Waals surface area contributed by atoms with Gasteiger partial charge in [0, 0.05) is 13.0 Å². The largest absolute Gasteiger partial charge is 0.756 e. The van der Waals surface area contributed by atoms with Crippen molar-refractivity contribution in [2.75, 3.05) is 54.1 Å². The van der Waals surface area contributed by atoms with Gasteiger partial charge < -0.3 is 27.9 Å². The Morgan fingerprint density at radius 2 is 1.23 bits per heavy atom. The number of rotatable bonds is 32. The van der Waals surface area contributed by atoms with E-state index in [4.69, 9.17) is 18.5 Å². The molecule has 2 atom stereocenters. The van der Waals surface area contributed by atoms with Gasteiger partial charge in [0.1, 0.15) is 19.3 Å². The molecule has 0 aliphatic heterocycles. The summed E-state index contributed by atoms with van der Waals surface area (Å²) >= 11 is 0. The second-order valence-corrected chi connectivity index (χ2v) is 14.3. The van der Waals surface area contributed by atoms with E-state index >= 15 is 0 Å². The number of ether oxygens (including phenoxy) is 2. The van der Waals surface area contributed by atoms with E-state index in [1.54, 1.807) is 0 Å². The van der Waals surface area contributed by atoms with Crippen LogP contribution in [0.5, 0.6) is 0 Å². The third-order valence-electron chi connectivity index (χ3n) is 7.08. The van der Waals surface area contributed by atoms with E-state index in [-0.39, 0.29) is 25.8 Å². The zero-order chi connectivity index (χ0) is 34.9. The van der Waals surface area contributed by atoms with Gasteiger partial charge in [-0.05, 0) is 57.8 Å². The zero-order valence-corrected chi connectivity index (χ0v) is 31.3. The molecule has 47 heavy (non-hydrogen) atoms. The van der Waals surface area contributed by atoms with Gasteiger partial charge >= 0.3 is 5.97 Å². The van der Waals surface area contributed by atoms with Crippen LogP contribution < -0.4 is 4.89 Å². The number of unbranched alkanes of at least 4 members (excludes halogenated alkanes) is 8. The van der Waals surface area contributed by atoms with Gasteiger partial charge in [-0.1, -0.05) is 113 Å². The lowest BCUT2D eigenvalue weighted by atomic mass is 10.1. The van der Waals surface area contributed by atoms with Crippen molar-refractivity contribution in [3.8, 4) is 0 Å². The molecule has 0 saturated carbocycles. The number of allylic oxidation sites excluding steroid dienone is 10. The molecule has 0 aromatic heterocycles. The lowest BCUT2D eigenvalue weighted by Gasteiger charge is -2.28. The summed E-state index contributed by atoms with van der Waals surface area (Å²) in [5, 5.41) is 0. The van der Waals surface area contributed by atoms with Gasteiger partial charge in [0.05, 0.1) is 34.4 Å². The van der Waals surface area contributed by atoms with Crippen LogP contribution in [0.25, 0.3) is 0 Å². The molecule has 8 nitrogen and oxygen atoms in total. The molecular weight excluding hydrogens is 613 g/mol. The van der Waals surface area contributed by atoms with Crippen molar-refractivity contribution in [2.24, 2.45) is 0 Å². The number of hydrogen-bond acceptors (Lipinski definition) is 7. The predicted octanol–water partition coefficient (Wildman–Crippen LogP) is 9.19. The Kier molecular flexibility index (Phi) is 30.3. The van der Waals surface area contributed by atoms with Gasteiger partial charge in [0.15, 0.2) is 0 Å². The van der Waals surface area contributed by atoms with E-state index in [1.165, 1.54) is 25.7 Å². The molecule has 0 aliphatic carbocycles. The van der Waals surface area contributed by atoms with Gasteiger partial charge in [-0.3, -0.25) is 9.36 Å². The molecule has 0 amide bonds. The first kappa shape index (κ1) is 45.2. The molecule has 0 saturated heterocycles. The summed E-state index contributed by atoms with van der Waals surface area (Å²) in [4.78, 5) is 24.7. The Hall–Kier alpha value is -1.80. The highest BCUT2D eigenvalue weighted by molar-refractivity contribution is 7.45. The third kappa shape index (κ3) is 35.3. The molecule has 0 bridgehead atoms. The highest BCUT2D eigenvalue weighted by Crippen LogP contribution is 2.38. The van der Waals surface area contributed by atoms with Crippen LogP contribution in [-0.4, -0.2) is 70.7 Å². The molecule has 0 rings (SSSR count). The molecule has 0 N–H and O–H groups in total. The van der Waals surface area contributed by atoms with Crippen molar-refractivity contribution in [1.82, 2.24) is 0 Å². The SMILES string of the molecule is CC/C=C\C/C=C\C/C=C\C/C=C\C/C=C\CCCCOCC(COP(=O)([O-])OCC[N+](C)(C)C)OC(=O)CCCCCCCCC. The minimum Gasteiger partial charge on any atom is -0.756 e.